The quantitative estimate of drug-likeness (QED) is 0.640. The van der Waals surface area contributed by atoms with E-state index in [-0.39, 0.29) is 38.3 Å². The van der Waals surface area contributed by atoms with Gasteiger partial charge in [0.25, 0.3) is 0 Å². The first-order valence-electron chi connectivity index (χ1n) is 4.07. The molecule has 0 amide bonds. The molecule has 2 aromatic carbocycles. The van der Waals surface area contributed by atoms with Crippen LogP contribution >= 0.6 is 12.4 Å². The van der Waals surface area contributed by atoms with Gasteiger partial charge in [-0.2, -0.15) is 0 Å². The van der Waals surface area contributed by atoms with Crippen molar-refractivity contribution in [3.8, 4) is 11.1 Å². The minimum atomic E-state index is 0. The Morgan fingerprint density at radius 1 is 0.571 bits per heavy atom. The Labute approximate surface area is 110 Å². The Kier molecular flexibility index (Phi) is 6.63. The largest absolute Gasteiger partial charge is 2.00 e. The van der Waals surface area contributed by atoms with E-state index in [9.17, 15) is 0 Å². The van der Waals surface area contributed by atoms with Gasteiger partial charge in [0, 0.05) is 0 Å². The van der Waals surface area contributed by atoms with Crippen molar-refractivity contribution in [1.29, 1.82) is 0 Å². The van der Waals surface area contributed by atoms with Gasteiger partial charge in [-0.15, -0.1) is 12.4 Å². The predicted molar refractivity (Wildman–Crippen MR) is 67.1 cm³/mol. The van der Waals surface area contributed by atoms with Crippen LogP contribution in [0.3, 0.4) is 0 Å². The van der Waals surface area contributed by atoms with Crippen molar-refractivity contribution in [1.82, 2.24) is 0 Å². The van der Waals surface area contributed by atoms with Crippen LogP contribution in [0, 0.1) is 0 Å². The minimum Gasteiger partial charge on any atom is -1.00 e. The molecule has 70 valence electrons. The third-order valence-corrected chi connectivity index (χ3v) is 1.88. The molecule has 2 rings (SSSR count). The third-order valence-electron chi connectivity index (χ3n) is 1.88. The molecule has 14 heavy (non-hydrogen) atoms. The second kappa shape index (κ2) is 6.88. The van der Waals surface area contributed by atoms with Crippen LogP contribution in [-0.4, -0.2) is 23.1 Å². The first-order chi connectivity index (χ1) is 5.97. The summed E-state index contributed by atoms with van der Waals surface area (Å²) in [4.78, 5) is 0. The number of benzene rings is 2. The molecular formula is C12H13ClMg. The van der Waals surface area contributed by atoms with Crippen molar-refractivity contribution in [2.24, 2.45) is 0 Å². The van der Waals surface area contributed by atoms with Gasteiger partial charge in [0.05, 0.1) is 0 Å². The Morgan fingerprint density at radius 3 is 1.14 bits per heavy atom. The molecule has 0 nitrogen and oxygen atoms in total. The normalized spacial score (nSPS) is 8.29. The predicted octanol–water partition coefficient (Wildman–Crippen LogP) is 3.62. The molecule has 0 fully saturated rings. The summed E-state index contributed by atoms with van der Waals surface area (Å²) >= 11 is 0. The van der Waals surface area contributed by atoms with E-state index in [0.717, 1.165) is 0 Å². The van der Waals surface area contributed by atoms with Gasteiger partial charge in [-0.1, -0.05) is 60.7 Å². The maximum atomic E-state index is 2.12. The van der Waals surface area contributed by atoms with Gasteiger partial charge in [-0.25, -0.2) is 0 Å². The van der Waals surface area contributed by atoms with E-state index >= 15 is 0 Å². The zero-order valence-electron chi connectivity index (χ0n) is 9.89. The fourth-order valence-electron chi connectivity index (χ4n) is 1.26. The van der Waals surface area contributed by atoms with Crippen LogP contribution in [0.5, 0.6) is 0 Å². The smallest absolute Gasteiger partial charge is 1.00 e. The van der Waals surface area contributed by atoms with Crippen LogP contribution in [0.25, 0.3) is 11.1 Å². The van der Waals surface area contributed by atoms with Gasteiger partial charge >= 0.3 is 23.1 Å². The van der Waals surface area contributed by atoms with E-state index in [1.165, 1.54) is 11.1 Å². The summed E-state index contributed by atoms with van der Waals surface area (Å²) < 4.78 is 0. The molecule has 0 aliphatic heterocycles. The zero-order valence-corrected chi connectivity index (χ0v) is 10.1. The zero-order chi connectivity index (χ0) is 8.23. The summed E-state index contributed by atoms with van der Waals surface area (Å²) in [6.07, 6.45) is 0. The molecule has 0 radical (unpaired) electrons. The molecule has 0 atom stereocenters. The van der Waals surface area contributed by atoms with Crippen LogP contribution in [-0.2, 0) is 0 Å². The van der Waals surface area contributed by atoms with E-state index in [4.69, 9.17) is 0 Å². The molecule has 0 bridgehead atoms. The van der Waals surface area contributed by atoms with Gasteiger partial charge in [0.2, 0.25) is 0 Å². The molecular weight excluding hydrogens is 204 g/mol. The molecule has 0 aliphatic carbocycles. The summed E-state index contributed by atoms with van der Waals surface area (Å²) in [5, 5.41) is 0. The third kappa shape index (κ3) is 3.33. The summed E-state index contributed by atoms with van der Waals surface area (Å²) in [6, 6.07) is 20.8. The Hall–Kier alpha value is -0.504. The van der Waals surface area contributed by atoms with Crippen molar-refractivity contribution in [3.63, 3.8) is 0 Å². The first kappa shape index (κ1) is 13.5. The minimum absolute atomic E-state index is 0. The molecule has 0 heterocycles. The van der Waals surface area contributed by atoms with Crippen molar-refractivity contribution in [3.05, 3.63) is 60.7 Å². The van der Waals surface area contributed by atoms with Crippen molar-refractivity contribution >= 4 is 35.5 Å². The van der Waals surface area contributed by atoms with E-state index in [0.29, 0.717) is 0 Å². The number of hydrogen-bond donors (Lipinski definition) is 0. The number of halogens is 1. The van der Waals surface area contributed by atoms with Crippen molar-refractivity contribution in [2.75, 3.05) is 0 Å². The molecule has 2 aromatic rings. The average molecular weight is 217 g/mol. The van der Waals surface area contributed by atoms with E-state index in [1.54, 1.807) is 0 Å². The molecule has 0 unspecified atom stereocenters. The van der Waals surface area contributed by atoms with Crippen LogP contribution in [0.2, 0.25) is 0 Å². The molecule has 2 heteroatoms. The Balaban J connectivity index is -0.000000422. The topological polar surface area (TPSA) is 0 Å². The molecule has 0 aliphatic rings. The molecule has 0 saturated heterocycles. The van der Waals surface area contributed by atoms with Crippen LogP contribution < -0.4 is 0 Å². The van der Waals surface area contributed by atoms with Gasteiger partial charge in [-0.05, 0) is 11.1 Å². The summed E-state index contributed by atoms with van der Waals surface area (Å²) in [7, 11) is 0. The first-order valence-corrected chi connectivity index (χ1v) is 4.07. The summed E-state index contributed by atoms with van der Waals surface area (Å²) in [5.41, 5.74) is 2.55. The van der Waals surface area contributed by atoms with Crippen LogP contribution in [0.15, 0.2) is 60.7 Å². The second-order valence-electron chi connectivity index (χ2n) is 2.73. The molecule has 0 saturated carbocycles. The summed E-state index contributed by atoms with van der Waals surface area (Å²) in [5.74, 6) is 0. The van der Waals surface area contributed by atoms with Gasteiger partial charge in [-0.3, -0.25) is 0 Å². The molecule has 0 spiro atoms. The fourth-order valence-corrected chi connectivity index (χ4v) is 1.26. The number of rotatable bonds is 1. The van der Waals surface area contributed by atoms with Crippen LogP contribution in [0.4, 0.5) is 0 Å². The van der Waals surface area contributed by atoms with E-state index < -0.39 is 0 Å². The van der Waals surface area contributed by atoms with E-state index in [1.807, 2.05) is 12.1 Å². The van der Waals surface area contributed by atoms with Crippen LogP contribution in [0.1, 0.15) is 2.85 Å². The Morgan fingerprint density at radius 2 is 0.857 bits per heavy atom. The van der Waals surface area contributed by atoms with Gasteiger partial charge in [0.15, 0.2) is 0 Å². The van der Waals surface area contributed by atoms with Gasteiger partial charge < -0.3 is 2.85 Å². The summed E-state index contributed by atoms with van der Waals surface area (Å²) in [6.45, 7) is 0. The Bertz CT molecular complexity index is 316. The van der Waals surface area contributed by atoms with E-state index in [2.05, 4.69) is 48.5 Å². The SMILES string of the molecule is Cl.[H-].[H-].[Mg+2].c1ccc(-c2ccccc2)cc1. The standard InChI is InChI=1S/C12H10.ClH.Mg.2H/c1-3-7-11(8-4-1)12-9-5-2-6-10-12;;;;/h1-10H;1H;;;/q;;+2;2*-1. The molecule has 0 N–H and O–H groups in total. The van der Waals surface area contributed by atoms with Gasteiger partial charge in [0.1, 0.15) is 0 Å². The maximum absolute atomic E-state index is 2.12. The molecule has 0 aromatic heterocycles. The monoisotopic (exact) mass is 216 g/mol. The second-order valence-corrected chi connectivity index (χ2v) is 2.73. The maximum Gasteiger partial charge on any atom is 2.00 e. The van der Waals surface area contributed by atoms with Crippen molar-refractivity contribution < 1.29 is 2.85 Å². The average Bonchev–Trinajstić information content (AvgIpc) is 2.21. The fraction of sp³-hybridized carbons (Fsp3) is 0. The number of hydrogen-bond acceptors (Lipinski definition) is 0. The van der Waals surface area contributed by atoms with Crippen molar-refractivity contribution in [2.45, 2.75) is 0 Å².